The SMILES string of the molecule is Cc1nc2c3ccccc3c3c(C)ccc4c3n2c1OS4(c1ccccc1)c1ccccc1. The first kappa shape index (κ1) is 18.8. The molecule has 0 fully saturated rings. The van der Waals surface area contributed by atoms with Crippen molar-refractivity contribution in [1.82, 2.24) is 9.38 Å². The summed E-state index contributed by atoms with van der Waals surface area (Å²) in [5, 5.41) is 3.68. The first-order valence-electron chi connectivity index (χ1n) is 11.2. The largest absolute Gasteiger partial charge is 0.415 e. The van der Waals surface area contributed by atoms with Crippen molar-refractivity contribution in [2.45, 2.75) is 28.5 Å². The lowest BCUT2D eigenvalue weighted by atomic mass is 10.0. The van der Waals surface area contributed by atoms with Crippen LogP contribution in [0.25, 0.3) is 27.3 Å². The predicted octanol–water partition coefficient (Wildman–Crippen LogP) is 7.85. The number of hydrogen-bond acceptors (Lipinski definition) is 2. The molecule has 2 aromatic heterocycles. The maximum atomic E-state index is 7.20. The molecule has 3 nitrogen and oxygen atoms in total. The highest BCUT2D eigenvalue weighted by atomic mass is 32.3. The van der Waals surface area contributed by atoms with Gasteiger partial charge in [-0.2, -0.15) is 0 Å². The van der Waals surface area contributed by atoms with E-state index in [1.807, 2.05) is 0 Å². The fourth-order valence-electron chi connectivity index (χ4n) is 5.24. The van der Waals surface area contributed by atoms with Crippen LogP contribution in [0.4, 0.5) is 0 Å². The second-order valence-corrected chi connectivity index (χ2v) is 11.2. The number of imidazole rings is 1. The maximum absolute atomic E-state index is 7.20. The Hall–Kier alpha value is -3.76. The van der Waals surface area contributed by atoms with E-state index in [4.69, 9.17) is 9.17 Å². The van der Waals surface area contributed by atoms with Crippen molar-refractivity contribution in [3.05, 3.63) is 108 Å². The van der Waals surface area contributed by atoms with Crippen LogP contribution in [0.15, 0.2) is 112 Å². The minimum Gasteiger partial charge on any atom is -0.415 e. The third-order valence-corrected chi connectivity index (χ3v) is 9.90. The maximum Gasteiger partial charge on any atom is 0.235 e. The lowest BCUT2D eigenvalue weighted by molar-refractivity contribution is 0.568. The Labute approximate surface area is 193 Å². The zero-order chi connectivity index (χ0) is 22.2. The van der Waals surface area contributed by atoms with E-state index < -0.39 is 10.3 Å². The number of rotatable bonds is 2. The average Bonchev–Trinajstić information content (AvgIpc) is 3.21. The molecule has 0 radical (unpaired) electrons. The Morgan fingerprint density at radius 3 is 1.97 bits per heavy atom. The Morgan fingerprint density at radius 1 is 0.697 bits per heavy atom. The van der Waals surface area contributed by atoms with Crippen LogP contribution in [0, 0.1) is 13.8 Å². The molecule has 4 aromatic carbocycles. The molecule has 3 heterocycles. The molecule has 0 bridgehead atoms. The lowest BCUT2D eigenvalue weighted by Crippen LogP contribution is -2.17. The van der Waals surface area contributed by atoms with Crippen LogP contribution in [0.3, 0.4) is 0 Å². The van der Waals surface area contributed by atoms with E-state index in [0.29, 0.717) is 0 Å². The van der Waals surface area contributed by atoms with Crippen LogP contribution in [0.1, 0.15) is 11.3 Å². The summed E-state index contributed by atoms with van der Waals surface area (Å²) in [5.74, 6) is 0.849. The topological polar surface area (TPSA) is 26.5 Å². The molecule has 160 valence electrons. The van der Waals surface area contributed by atoms with Gasteiger partial charge >= 0.3 is 0 Å². The van der Waals surface area contributed by atoms with E-state index in [-0.39, 0.29) is 0 Å². The molecule has 0 amide bonds. The van der Waals surface area contributed by atoms with Gasteiger partial charge in [0, 0.05) is 20.6 Å². The summed E-state index contributed by atoms with van der Waals surface area (Å²) < 4.78 is 9.45. The zero-order valence-electron chi connectivity index (χ0n) is 18.4. The minimum atomic E-state index is -2.01. The fourth-order valence-corrected chi connectivity index (χ4v) is 8.54. The monoisotopic (exact) mass is 446 g/mol. The predicted molar refractivity (Wildman–Crippen MR) is 136 cm³/mol. The highest BCUT2D eigenvalue weighted by Crippen LogP contribution is 2.71. The normalized spacial score (nSPS) is 15.2. The molecule has 0 aliphatic carbocycles. The molecule has 7 rings (SSSR count). The minimum absolute atomic E-state index is 0.849. The van der Waals surface area contributed by atoms with Gasteiger partial charge in [0.25, 0.3) is 0 Å². The van der Waals surface area contributed by atoms with E-state index in [9.17, 15) is 0 Å². The van der Waals surface area contributed by atoms with Gasteiger partial charge in [0.1, 0.15) is 11.3 Å². The van der Waals surface area contributed by atoms with Crippen molar-refractivity contribution in [1.29, 1.82) is 0 Å². The molecule has 4 heteroatoms. The second-order valence-electron chi connectivity index (χ2n) is 8.58. The van der Waals surface area contributed by atoms with Crippen LogP contribution in [0.2, 0.25) is 0 Å². The Morgan fingerprint density at radius 2 is 1.30 bits per heavy atom. The molecular formula is C29H22N2OS. The van der Waals surface area contributed by atoms with Crippen molar-refractivity contribution < 1.29 is 4.18 Å². The van der Waals surface area contributed by atoms with Gasteiger partial charge in [0.15, 0.2) is 0 Å². The van der Waals surface area contributed by atoms with Gasteiger partial charge in [-0.25, -0.2) is 4.98 Å². The third kappa shape index (κ3) is 2.34. The summed E-state index contributed by atoms with van der Waals surface area (Å²) in [5.41, 5.74) is 4.36. The van der Waals surface area contributed by atoms with Crippen molar-refractivity contribution in [3.63, 3.8) is 0 Å². The van der Waals surface area contributed by atoms with Crippen LogP contribution in [0.5, 0.6) is 5.88 Å². The van der Waals surface area contributed by atoms with Gasteiger partial charge in [-0.3, -0.25) is 4.40 Å². The number of benzene rings is 4. The van der Waals surface area contributed by atoms with E-state index in [1.54, 1.807) is 0 Å². The summed E-state index contributed by atoms with van der Waals surface area (Å²) in [4.78, 5) is 8.63. The second kappa shape index (κ2) is 6.63. The van der Waals surface area contributed by atoms with Crippen LogP contribution in [-0.2, 0) is 0 Å². The van der Waals surface area contributed by atoms with Crippen molar-refractivity contribution in [2.24, 2.45) is 0 Å². The van der Waals surface area contributed by atoms with E-state index >= 15 is 0 Å². The number of pyridine rings is 1. The van der Waals surface area contributed by atoms with Crippen molar-refractivity contribution in [3.8, 4) is 5.88 Å². The van der Waals surface area contributed by atoms with E-state index in [2.05, 4.69) is 115 Å². The molecule has 0 unspecified atom stereocenters. The number of hydrogen-bond donors (Lipinski definition) is 0. The fraction of sp³-hybridized carbons (Fsp3) is 0.0690. The molecule has 0 saturated heterocycles. The summed E-state index contributed by atoms with van der Waals surface area (Å²) >= 11 is 0. The van der Waals surface area contributed by atoms with Gasteiger partial charge in [-0.15, -0.1) is 0 Å². The van der Waals surface area contributed by atoms with Gasteiger partial charge in [-0.05, 0) is 65.4 Å². The van der Waals surface area contributed by atoms with E-state index in [0.717, 1.165) is 22.6 Å². The Balaban J connectivity index is 1.78. The molecule has 0 atom stereocenters. The molecule has 6 aromatic rings. The molecule has 1 aliphatic heterocycles. The summed E-state index contributed by atoms with van der Waals surface area (Å²) in [6, 6.07) is 34.5. The number of fused-ring (bicyclic) bond motifs is 3. The third-order valence-electron chi connectivity index (χ3n) is 6.67. The summed E-state index contributed by atoms with van der Waals surface area (Å²) in [6.45, 7) is 4.27. The average molecular weight is 447 g/mol. The van der Waals surface area contributed by atoms with Crippen molar-refractivity contribution in [2.75, 3.05) is 0 Å². The lowest BCUT2D eigenvalue weighted by Gasteiger charge is -2.43. The van der Waals surface area contributed by atoms with Gasteiger partial charge in [0.05, 0.1) is 10.4 Å². The van der Waals surface area contributed by atoms with Gasteiger partial charge < -0.3 is 4.18 Å². The standard InChI is InChI=1S/C29H22N2OS/c1-19-17-18-25-27-26(19)23-15-9-10-16-24(23)28-30-20(2)29(31(27)28)32-33(25,21-11-5-3-6-12-21)22-13-7-4-8-14-22/h3-18H,1-2H3. The van der Waals surface area contributed by atoms with Crippen molar-refractivity contribution >= 4 is 37.6 Å². The van der Waals surface area contributed by atoms with Crippen LogP contribution < -0.4 is 4.18 Å². The van der Waals surface area contributed by atoms with Gasteiger partial charge in [0.2, 0.25) is 5.88 Å². The number of aromatic nitrogens is 2. The highest BCUT2D eigenvalue weighted by Gasteiger charge is 2.41. The Bertz CT molecular complexity index is 1670. The molecule has 0 saturated carbocycles. The van der Waals surface area contributed by atoms with Crippen LogP contribution in [-0.4, -0.2) is 9.38 Å². The molecule has 0 spiro atoms. The summed E-state index contributed by atoms with van der Waals surface area (Å²) in [7, 11) is -2.01. The van der Waals surface area contributed by atoms with Crippen LogP contribution >= 0.6 is 10.3 Å². The number of aryl methyl sites for hydroxylation is 2. The molecule has 1 aliphatic rings. The first-order chi connectivity index (χ1) is 16.2. The van der Waals surface area contributed by atoms with E-state index in [1.165, 1.54) is 36.5 Å². The smallest absolute Gasteiger partial charge is 0.235 e. The number of nitrogens with zero attached hydrogens (tertiary/aromatic N) is 2. The molecule has 0 N–H and O–H groups in total. The Kier molecular flexibility index (Phi) is 3.77. The first-order valence-corrected chi connectivity index (χ1v) is 12.7. The molecular weight excluding hydrogens is 424 g/mol. The highest BCUT2D eigenvalue weighted by molar-refractivity contribution is 8.30. The van der Waals surface area contributed by atoms with Gasteiger partial charge in [-0.1, -0.05) is 66.7 Å². The molecule has 33 heavy (non-hydrogen) atoms. The zero-order valence-corrected chi connectivity index (χ0v) is 19.3. The summed E-state index contributed by atoms with van der Waals surface area (Å²) in [6.07, 6.45) is 0. The quantitative estimate of drug-likeness (QED) is 0.253.